The van der Waals surface area contributed by atoms with Crippen molar-refractivity contribution in [1.82, 2.24) is 0 Å². The standard InChI is InChI=1S/C10H11FN2O3/c1-5-7(11)2-6(3-8(5)12)10(15)16-4-9(13)14/h2-3H,4,12H2,1H3,(H2,13,14). The summed E-state index contributed by atoms with van der Waals surface area (Å²) < 4.78 is 17.7. The maximum absolute atomic E-state index is 13.2. The summed E-state index contributed by atoms with van der Waals surface area (Å²) >= 11 is 0. The van der Waals surface area contributed by atoms with E-state index in [-0.39, 0.29) is 16.8 Å². The van der Waals surface area contributed by atoms with E-state index >= 15 is 0 Å². The Balaban J connectivity index is 2.88. The highest BCUT2D eigenvalue weighted by atomic mass is 19.1. The molecule has 0 bridgehead atoms. The van der Waals surface area contributed by atoms with Crippen molar-refractivity contribution in [2.24, 2.45) is 5.73 Å². The summed E-state index contributed by atoms with van der Waals surface area (Å²) in [4.78, 5) is 21.7. The van der Waals surface area contributed by atoms with Crippen LogP contribution in [0.15, 0.2) is 12.1 Å². The quantitative estimate of drug-likeness (QED) is 0.574. The molecule has 6 heteroatoms. The van der Waals surface area contributed by atoms with Gasteiger partial charge in [0.05, 0.1) is 5.56 Å². The molecule has 0 fully saturated rings. The molecule has 0 atom stereocenters. The highest BCUT2D eigenvalue weighted by Crippen LogP contribution is 2.18. The second-order valence-corrected chi connectivity index (χ2v) is 3.21. The van der Waals surface area contributed by atoms with Crippen LogP contribution in [0, 0.1) is 12.7 Å². The van der Waals surface area contributed by atoms with Crippen molar-refractivity contribution in [3.8, 4) is 0 Å². The molecule has 1 rings (SSSR count). The van der Waals surface area contributed by atoms with Crippen LogP contribution >= 0.6 is 0 Å². The van der Waals surface area contributed by atoms with Gasteiger partial charge in [-0.3, -0.25) is 4.79 Å². The van der Waals surface area contributed by atoms with E-state index in [1.807, 2.05) is 0 Å². The number of nitrogens with two attached hydrogens (primary N) is 2. The molecule has 0 heterocycles. The average Bonchev–Trinajstić information content (AvgIpc) is 2.21. The monoisotopic (exact) mass is 226 g/mol. The lowest BCUT2D eigenvalue weighted by molar-refractivity contribution is -0.121. The van der Waals surface area contributed by atoms with E-state index in [2.05, 4.69) is 4.74 Å². The Bertz CT molecular complexity index is 423. The third-order valence-electron chi connectivity index (χ3n) is 1.97. The molecule has 1 aromatic carbocycles. The van der Waals surface area contributed by atoms with Gasteiger partial charge >= 0.3 is 5.97 Å². The molecule has 86 valence electrons. The molecule has 0 aliphatic heterocycles. The minimum Gasteiger partial charge on any atom is -0.452 e. The molecule has 16 heavy (non-hydrogen) atoms. The van der Waals surface area contributed by atoms with Crippen molar-refractivity contribution < 1.29 is 18.7 Å². The van der Waals surface area contributed by atoms with E-state index in [0.717, 1.165) is 6.07 Å². The Morgan fingerprint density at radius 2 is 2.06 bits per heavy atom. The Labute approximate surface area is 91.2 Å². The van der Waals surface area contributed by atoms with Gasteiger partial charge in [0, 0.05) is 11.3 Å². The summed E-state index contributed by atoms with van der Waals surface area (Å²) in [6, 6.07) is 2.27. The molecule has 1 amide bonds. The lowest BCUT2D eigenvalue weighted by Crippen LogP contribution is -2.21. The number of benzene rings is 1. The van der Waals surface area contributed by atoms with E-state index in [4.69, 9.17) is 11.5 Å². The number of halogens is 1. The summed E-state index contributed by atoms with van der Waals surface area (Å²) in [5.74, 6) is -2.23. The maximum Gasteiger partial charge on any atom is 0.338 e. The minimum atomic E-state index is -0.843. The number of nitrogen functional groups attached to an aromatic ring is 1. The molecule has 5 nitrogen and oxygen atoms in total. The molecule has 4 N–H and O–H groups in total. The summed E-state index contributed by atoms with van der Waals surface area (Å²) in [7, 11) is 0. The predicted molar refractivity (Wildman–Crippen MR) is 55.0 cm³/mol. The number of esters is 1. The van der Waals surface area contributed by atoms with Gasteiger partial charge in [-0.15, -0.1) is 0 Å². The summed E-state index contributed by atoms with van der Waals surface area (Å²) in [5, 5.41) is 0. The van der Waals surface area contributed by atoms with Gasteiger partial charge in [0.25, 0.3) is 5.91 Å². The van der Waals surface area contributed by atoms with E-state index in [1.54, 1.807) is 0 Å². The molecule has 0 aromatic heterocycles. The fraction of sp³-hybridized carbons (Fsp3) is 0.200. The zero-order valence-electron chi connectivity index (χ0n) is 8.62. The molecule has 0 spiro atoms. The van der Waals surface area contributed by atoms with Gasteiger partial charge in [-0.05, 0) is 19.1 Å². The van der Waals surface area contributed by atoms with E-state index in [9.17, 15) is 14.0 Å². The first-order chi connectivity index (χ1) is 7.41. The van der Waals surface area contributed by atoms with Crippen LogP contribution in [0.1, 0.15) is 15.9 Å². The normalized spacial score (nSPS) is 9.88. The molecule has 1 aromatic rings. The number of rotatable bonds is 3. The van der Waals surface area contributed by atoms with Gasteiger partial charge in [0.15, 0.2) is 6.61 Å². The highest BCUT2D eigenvalue weighted by Gasteiger charge is 2.12. The number of hydrogen-bond donors (Lipinski definition) is 2. The highest BCUT2D eigenvalue weighted by molar-refractivity contribution is 5.92. The summed E-state index contributed by atoms with van der Waals surface area (Å²) in [6.07, 6.45) is 0. The summed E-state index contributed by atoms with van der Waals surface area (Å²) in [6.45, 7) is 0.942. The number of primary amides is 1. The Kier molecular flexibility index (Phi) is 3.44. The van der Waals surface area contributed by atoms with Crippen molar-refractivity contribution in [3.63, 3.8) is 0 Å². The first-order valence-electron chi connectivity index (χ1n) is 4.43. The first kappa shape index (κ1) is 12.0. The number of ether oxygens (including phenoxy) is 1. The first-order valence-corrected chi connectivity index (χ1v) is 4.43. The zero-order valence-corrected chi connectivity index (χ0v) is 8.62. The third-order valence-corrected chi connectivity index (χ3v) is 1.97. The van der Waals surface area contributed by atoms with Crippen LogP contribution in [0.2, 0.25) is 0 Å². The molecule has 0 unspecified atom stereocenters. The van der Waals surface area contributed by atoms with E-state index in [0.29, 0.717) is 0 Å². The van der Waals surface area contributed by atoms with Gasteiger partial charge < -0.3 is 16.2 Å². The largest absolute Gasteiger partial charge is 0.452 e. The van der Waals surface area contributed by atoms with Crippen LogP contribution in [-0.2, 0) is 9.53 Å². The van der Waals surface area contributed by atoms with Gasteiger partial charge in [-0.2, -0.15) is 0 Å². The molecule has 0 saturated carbocycles. The third kappa shape index (κ3) is 2.69. The molecule has 0 aliphatic carbocycles. The van der Waals surface area contributed by atoms with Gasteiger partial charge in [0.2, 0.25) is 0 Å². The topological polar surface area (TPSA) is 95.4 Å². The number of hydrogen-bond acceptors (Lipinski definition) is 4. The van der Waals surface area contributed by atoms with E-state index in [1.165, 1.54) is 13.0 Å². The molecule has 0 radical (unpaired) electrons. The smallest absolute Gasteiger partial charge is 0.338 e. The van der Waals surface area contributed by atoms with Crippen molar-refractivity contribution in [2.45, 2.75) is 6.92 Å². The van der Waals surface area contributed by atoms with Gasteiger partial charge in [-0.1, -0.05) is 0 Å². The minimum absolute atomic E-state index is 0.0538. The number of anilines is 1. The van der Waals surface area contributed by atoms with Crippen LogP contribution in [0.3, 0.4) is 0 Å². The van der Waals surface area contributed by atoms with Crippen molar-refractivity contribution in [3.05, 3.63) is 29.1 Å². The Morgan fingerprint density at radius 1 is 1.44 bits per heavy atom. The lowest BCUT2D eigenvalue weighted by Gasteiger charge is -2.06. The maximum atomic E-state index is 13.2. The zero-order chi connectivity index (χ0) is 12.3. The van der Waals surface area contributed by atoms with Gasteiger partial charge in [-0.25, -0.2) is 9.18 Å². The molecule has 0 saturated heterocycles. The van der Waals surface area contributed by atoms with Crippen LogP contribution in [0.25, 0.3) is 0 Å². The van der Waals surface area contributed by atoms with Crippen LogP contribution < -0.4 is 11.5 Å². The average molecular weight is 226 g/mol. The van der Waals surface area contributed by atoms with Crippen molar-refractivity contribution >= 4 is 17.6 Å². The number of carbonyl (C=O) groups excluding carboxylic acids is 2. The summed E-state index contributed by atoms with van der Waals surface area (Å²) in [5.41, 5.74) is 10.6. The van der Waals surface area contributed by atoms with Crippen LogP contribution in [0.5, 0.6) is 0 Å². The lowest BCUT2D eigenvalue weighted by atomic mass is 10.1. The fourth-order valence-electron chi connectivity index (χ4n) is 1.04. The molecular weight excluding hydrogens is 215 g/mol. The van der Waals surface area contributed by atoms with Crippen LogP contribution in [0.4, 0.5) is 10.1 Å². The van der Waals surface area contributed by atoms with Crippen molar-refractivity contribution in [2.75, 3.05) is 12.3 Å². The van der Waals surface area contributed by atoms with E-state index < -0.39 is 24.3 Å². The fourth-order valence-corrected chi connectivity index (χ4v) is 1.04. The molecular formula is C10H11FN2O3. The Morgan fingerprint density at radius 3 is 2.56 bits per heavy atom. The predicted octanol–water partition coefficient (Wildman–Crippen LogP) is 0.358. The number of carbonyl (C=O) groups is 2. The number of amides is 1. The second kappa shape index (κ2) is 4.61. The Hall–Kier alpha value is -2.11. The van der Waals surface area contributed by atoms with Crippen LogP contribution in [-0.4, -0.2) is 18.5 Å². The van der Waals surface area contributed by atoms with Crippen molar-refractivity contribution in [1.29, 1.82) is 0 Å². The molecule has 0 aliphatic rings. The van der Waals surface area contributed by atoms with Gasteiger partial charge in [0.1, 0.15) is 5.82 Å². The SMILES string of the molecule is Cc1c(N)cc(C(=O)OCC(N)=O)cc1F. The second-order valence-electron chi connectivity index (χ2n) is 3.21.